The predicted octanol–water partition coefficient (Wildman–Crippen LogP) is 5.70. The van der Waals surface area contributed by atoms with Crippen LogP contribution in [-0.2, 0) is 4.79 Å². The lowest BCUT2D eigenvalue weighted by Gasteiger charge is -2.26. The van der Waals surface area contributed by atoms with Gasteiger partial charge < -0.3 is 31.6 Å². The molecule has 0 saturated carbocycles. The minimum Gasteiger partial charge on any atom is -0.491 e. The van der Waals surface area contributed by atoms with Gasteiger partial charge in [-0.1, -0.05) is 52.2 Å². The molecule has 9 nitrogen and oxygen atoms in total. The standard InChI is InChI=1S/C34H52N4O5S/c1-5-7-9-11-25(39)21-24(3)26-12-10-13-29(33(26)44-20-17-37)38(4)34(41)28-22-27(30(40)14-8-6-2)31(42-18-15-35)23-32(28)43-19-16-36/h10,12-13,22-24H,5-9,11,14-21,35-37H2,1-4H3. The monoisotopic (exact) mass is 628 g/mol. The Hall–Kier alpha value is -2.92. The van der Waals surface area contributed by atoms with E-state index in [0.29, 0.717) is 48.6 Å². The zero-order chi connectivity index (χ0) is 32.5. The molecule has 1 unspecified atom stereocenters. The van der Waals surface area contributed by atoms with E-state index in [1.807, 2.05) is 25.1 Å². The lowest BCUT2D eigenvalue weighted by molar-refractivity contribution is -0.119. The Morgan fingerprint density at radius 1 is 0.864 bits per heavy atom. The molecule has 10 heteroatoms. The van der Waals surface area contributed by atoms with E-state index < -0.39 is 0 Å². The third-order valence-corrected chi connectivity index (χ3v) is 8.47. The zero-order valence-electron chi connectivity index (χ0n) is 27.0. The minimum absolute atomic E-state index is 0.0296. The van der Waals surface area contributed by atoms with Gasteiger partial charge in [-0.3, -0.25) is 14.4 Å². The topological polar surface area (TPSA) is 151 Å². The van der Waals surface area contributed by atoms with Crippen LogP contribution in [0.4, 0.5) is 5.69 Å². The normalized spacial score (nSPS) is 11.7. The largest absolute Gasteiger partial charge is 0.491 e. The summed E-state index contributed by atoms with van der Waals surface area (Å²) in [6, 6.07) is 8.99. The quantitative estimate of drug-likeness (QED) is 0.0847. The number of unbranched alkanes of at least 4 members (excludes halogenated alkanes) is 3. The number of anilines is 1. The van der Waals surface area contributed by atoms with Gasteiger partial charge in [0.1, 0.15) is 30.5 Å². The van der Waals surface area contributed by atoms with Crippen LogP contribution >= 0.6 is 11.8 Å². The van der Waals surface area contributed by atoms with Gasteiger partial charge in [-0.25, -0.2) is 0 Å². The number of hydrogen-bond acceptors (Lipinski definition) is 9. The van der Waals surface area contributed by atoms with Crippen LogP contribution in [0.5, 0.6) is 11.5 Å². The van der Waals surface area contributed by atoms with Gasteiger partial charge >= 0.3 is 0 Å². The van der Waals surface area contributed by atoms with Crippen LogP contribution < -0.4 is 31.6 Å². The number of benzene rings is 2. The molecule has 244 valence electrons. The van der Waals surface area contributed by atoms with E-state index in [0.717, 1.165) is 42.6 Å². The molecule has 0 aliphatic carbocycles. The summed E-state index contributed by atoms with van der Waals surface area (Å²) < 4.78 is 11.7. The van der Waals surface area contributed by atoms with Crippen molar-refractivity contribution in [1.82, 2.24) is 0 Å². The molecular weight excluding hydrogens is 576 g/mol. The first-order valence-electron chi connectivity index (χ1n) is 15.9. The van der Waals surface area contributed by atoms with Crippen molar-refractivity contribution < 1.29 is 23.9 Å². The van der Waals surface area contributed by atoms with Crippen LogP contribution in [0.2, 0.25) is 0 Å². The molecule has 0 bridgehead atoms. The summed E-state index contributed by atoms with van der Waals surface area (Å²) in [6.07, 6.45) is 5.95. The summed E-state index contributed by atoms with van der Waals surface area (Å²) in [5, 5.41) is 0. The van der Waals surface area contributed by atoms with E-state index in [1.54, 1.807) is 35.8 Å². The number of hydrogen-bond donors (Lipinski definition) is 3. The average molecular weight is 629 g/mol. The lowest BCUT2D eigenvalue weighted by Crippen LogP contribution is -2.28. The highest BCUT2D eigenvalue weighted by Gasteiger charge is 2.27. The van der Waals surface area contributed by atoms with Gasteiger partial charge in [0.2, 0.25) is 0 Å². The van der Waals surface area contributed by atoms with E-state index in [-0.39, 0.29) is 61.0 Å². The third-order valence-electron chi connectivity index (χ3n) is 7.30. The number of thioether (sulfide) groups is 1. The number of Topliss-reactive ketones (excluding diaryl/α,β-unsaturated/α-hetero) is 2. The van der Waals surface area contributed by atoms with Crippen molar-refractivity contribution >= 4 is 34.9 Å². The molecule has 2 rings (SSSR count). The Morgan fingerprint density at radius 3 is 2.14 bits per heavy atom. The van der Waals surface area contributed by atoms with Crippen LogP contribution in [0.25, 0.3) is 0 Å². The molecular formula is C34H52N4O5S. The molecule has 0 heterocycles. The second-order valence-electron chi connectivity index (χ2n) is 10.9. The van der Waals surface area contributed by atoms with Gasteiger partial charge in [0.25, 0.3) is 5.91 Å². The number of nitrogens with two attached hydrogens (primary N) is 3. The Labute approximate surface area is 267 Å². The molecule has 0 radical (unpaired) electrons. The molecule has 2 aromatic carbocycles. The van der Waals surface area contributed by atoms with Crippen molar-refractivity contribution in [3.05, 3.63) is 47.0 Å². The number of carbonyl (C=O) groups excluding carboxylic acids is 3. The van der Waals surface area contributed by atoms with E-state index in [9.17, 15) is 14.4 Å². The fourth-order valence-electron chi connectivity index (χ4n) is 4.92. The molecule has 2 aromatic rings. The van der Waals surface area contributed by atoms with E-state index in [2.05, 4.69) is 13.8 Å². The van der Waals surface area contributed by atoms with Crippen LogP contribution in [0, 0.1) is 0 Å². The molecule has 1 atom stereocenters. The Balaban J connectivity index is 2.57. The molecule has 6 N–H and O–H groups in total. The molecule has 0 aliphatic heterocycles. The summed E-state index contributed by atoms with van der Waals surface area (Å²) in [6.45, 7) is 7.57. The fraction of sp³-hybridized carbons (Fsp3) is 0.559. The van der Waals surface area contributed by atoms with Crippen molar-refractivity contribution in [2.45, 2.75) is 83.0 Å². The molecule has 1 amide bonds. The maximum absolute atomic E-state index is 14.2. The molecule has 0 aliphatic rings. The number of rotatable bonds is 22. The van der Waals surface area contributed by atoms with Gasteiger partial charge in [0.15, 0.2) is 5.78 Å². The predicted molar refractivity (Wildman–Crippen MR) is 181 cm³/mol. The van der Waals surface area contributed by atoms with Crippen LogP contribution in [0.1, 0.15) is 104 Å². The number of ketones is 2. The average Bonchev–Trinajstić information content (AvgIpc) is 3.03. The summed E-state index contributed by atoms with van der Waals surface area (Å²) >= 11 is 1.57. The number of amides is 1. The number of nitrogens with zero attached hydrogens (tertiary/aromatic N) is 1. The van der Waals surface area contributed by atoms with Gasteiger partial charge in [-0.05, 0) is 36.5 Å². The molecule has 0 spiro atoms. The zero-order valence-corrected chi connectivity index (χ0v) is 27.8. The first kappa shape index (κ1) is 37.3. The van der Waals surface area contributed by atoms with Crippen LogP contribution in [0.15, 0.2) is 35.2 Å². The van der Waals surface area contributed by atoms with Crippen molar-refractivity contribution in [2.24, 2.45) is 17.2 Å². The molecule has 0 aromatic heterocycles. The first-order chi connectivity index (χ1) is 21.2. The number of ether oxygens (including phenoxy) is 2. The van der Waals surface area contributed by atoms with Crippen molar-refractivity contribution in [1.29, 1.82) is 0 Å². The summed E-state index contributed by atoms with van der Waals surface area (Å²) in [4.78, 5) is 42.7. The highest BCUT2D eigenvalue weighted by molar-refractivity contribution is 7.99. The van der Waals surface area contributed by atoms with E-state index in [1.165, 1.54) is 0 Å². The minimum atomic E-state index is -0.345. The first-order valence-corrected chi connectivity index (χ1v) is 16.8. The summed E-state index contributed by atoms with van der Waals surface area (Å²) in [5.74, 6) is 1.03. The van der Waals surface area contributed by atoms with E-state index in [4.69, 9.17) is 26.7 Å². The van der Waals surface area contributed by atoms with Crippen LogP contribution in [-0.4, -0.2) is 63.1 Å². The Kier molecular flexibility index (Phi) is 17.1. The lowest BCUT2D eigenvalue weighted by atomic mass is 9.93. The second kappa shape index (κ2) is 20.2. The second-order valence-corrected chi connectivity index (χ2v) is 12.0. The van der Waals surface area contributed by atoms with Crippen LogP contribution in [0.3, 0.4) is 0 Å². The summed E-state index contributed by atoms with van der Waals surface area (Å²) in [5.41, 5.74) is 19.5. The molecule has 44 heavy (non-hydrogen) atoms. The third kappa shape index (κ3) is 10.9. The Bertz CT molecular complexity index is 1220. The maximum atomic E-state index is 14.2. The van der Waals surface area contributed by atoms with Gasteiger partial charge in [0, 0.05) is 62.7 Å². The number of carbonyl (C=O) groups is 3. The fourth-order valence-corrected chi connectivity index (χ4v) is 6.03. The smallest absolute Gasteiger partial charge is 0.261 e. The maximum Gasteiger partial charge on any atom is 0.261 e. The molecule has 0 saturated heterocycles. The van der Waals surface area contributed by atoms with Gasteiger partial charge in [-0.2, -0.15) is 0 Å². The van der Waals surface area contributed by atoms with Gasteiger partial charge in [0.05, 0.1) is 16.8 Å². The van der Waals surface area contributed by atoms with Crippen molar-refractivity contribution in [2.75, 3.05) is 50.5 Å². The SMILES string of the molecule is CCCCCC(=O)CC(C)c1cccc(N(C)C(=O)c2cc(C(=O)CCCC)c(OCCN)cc2OCCN)c1SCCN. The highest BCUT2D eigenvalue weighted by Crippen LogP contribution is 2.39. The van der Waals surface area contributed by atoms with Crippen molar-refractivity contribution in [3.8, 4) is 11.5 Å². The van der Waals surface area contributed by atoms with Crippen molar-refractivity contribution in [3.63, 3.8) is 0 Å². The summed E-state index contributed by atoms with van der Waals surface area (Å²) in [7, 11) is 1.71. The van der Waals surface area contributed by atoms with E-state index >= 15 is 0 Å². The molecule has 0 fully saturated rings. The van der Waals surface area contributed by atoms with Gasteiger partial charge in [-0.15, -0.1) is 11.8 Å². The Morgan fingerprint density at radius 2 is 1.52 bits per heavy atom. The highest BCUT2D eigenvalue weighted by atomic mass is 32.2.